The molecule has 1 aromatic heterocycles. The van der Waals surface area contributed by atoms with E-state index in [4.69, 9.17) is 0 Å². The van der Waals surface area contributed by atoms with E-state index in [9.17, 15) is 4.79 Å². The lowest BCUT2D eigenvalue weighted by atomic mass is 9.96. The number of anilines is 1. The lowest BCUT2D eigenvalue weighted by Gasteiger charge is -2.36. The van der Waals surface area contributed by atoms with Gasteiger partial charge < -0.3 is 20.4 Å². The van der Waals surface area contributed by atoms with Gasteiger partial charge in [-0.3, -0.25) is 9.79 Å². The van der Waals surface area contributed by atoms with Crippen LogP contribution in [0.25, 0.3) is 0 Å². The van der Waals surface area contributed by atoms with Crippen molar-refractivity contribution in [1.29, 1.82) is 0 Å². The predicted octanol–water partition coefficient (Wildman–Crippen LogP) is 1.97. The van der Waals surface area contributed by atoms with Gasteiger partial charge in [0.1, 0.15) is 5.82 Å². The van der Waals surface area contributed by atoms with Crippen LogP contribution in [0.1, 0.15) is 40.4 Å². The van der Waals surface area contributed by atoms with Crippen molar-refractivity contribution in [2.45, 2.75) is 41.0 Å². The van der Waals surface area contributed by atoms with E-state index >= 15 is 0 Å². The highest BCUT2D eigenvalue weighted by Gasteiger charge is 2.22. The Labute approximate surface area is 189 Å². The molecule has 0 bridgehead atoms. The van der Waals surface area contributed by atoms with Crippen LogP contribution in [0.2, 0.25) is 0 Å². The summed E-state index contributed by atoms with van der Waals surface area (Å²) < 4.78 is 4.38. The molecule has 160 valence electrons. The lowest BCUT2D eigenvalue weighted by molar-refractivity contribution is -0.128. The Bertz CT molecular complexity index is 636. The number of halogens is 1. The molecule has 0 atom stereocenters. The first-order chi connectivity index (χ1) is 12.8. The van der Waals surface area contributed by atoms with Gasteiger partial charge >= 0.3 is 0 Å². The maximum absolute atomic E-state index is 11.9. The van der Waals surface area contributed by atoms with E-state index in [1.165, 1.54) is 11.5 Å². The van der Waals surface area contributed by atoms with Crippen molar-refractivity contribution >= 4 is 52.5 Å². The highest BCUT2D eigenvalue weighted by molar-refractivity contribution is 14.0. The number of guanidine groups is 1. The van der Waals surface area contributed by atoms with Crippen LogP contribution in [0, 0.1) is 5.41 Å². The molecule has 0 spiro atoms. The van der Waals surface area contributed by atoms with Crippen LogP contribution in [0.4, 0.5) is 5.13 Å². The molecule has 1 aliphatic heterocycles. The first-order valence-electron chi connectivity index (χ1n) is 9.74. The molecular formula is C18H34IN7OS. The van der Waals surface area contributed by atoms with E-state index in [1.807, 2.05) is 20.8 Å². The smallest absolute Gasteiger partial charge is 0.225 e. The van der Waals surface area contributed by atoms with Gasteiger partial charge in [-0.25, -0.2) is 4.98 Å². The van der Waals surface area contributed by atoms with E-state index in [-0.39, 0.29) is 35.3 Å². The van der Waals surface area contributed by atoms with Gasteiger partial charge in [0.25, 0.3) is 0 Å². The number of hydrogen-bond acceptors (Lipinski definition) is 6. The van der Waals surface area contributed by atoms with Crippen molar-refractivity contribution in [2.75, 3.05) is 50.7 Å². The number of nitrogens with one attached hydrogen (secondary N) is 2. The molecule has 1 aliphatic rings. The summed E-state index contributed by atoms with van der Waals surface area (Å²) in [6, 6.07) is 0. The summed E-state index contributed by atoms with van der Waals surface area (Å²) in [4.78, 5) is 25.8. The SMILES string of the molecule is CCNC(=NCCNC(=O)C(C)(C)C)N1CCN(c2nc(CC)ns2)CC1.I. The number of aromatic nitrogens is 2. The second-order valence-electron chi connectivity index (χ2n) is 7.56. The minimum Gasteiger partial charge on any atom is -0.357 e. The minimum atomic E-state index is -0.368. The molecule has 1 saturated heterocycles. The molecule has 1 amide bonds. The number of nitrogens with zero attached hydrogens (tertiary/aromatic N) is 5. The fraction of sp³-hybridized carbons (Fsp3) is 0.778. The Morgan fingerprint density at radius 3 is 2.39 bits per heavy atom. The average Bonchev–Trinajstić information content (AvgIpc) is 3.12. The molecule has 2 N–H and O–H groups in total. The van der Waals surface area contributed by atoms with Crippen molar-refractivity contribution in [3.63, 3.8) is 0 Å². The molecule has 28 heavy (non-hydrogen) atoms. The molecule has 0 aliphatic carbocycles. The number of rotatable bonds is 6. The topological polar surface area (TPSA) is 85.8 Å². The number of aliphatic imine (C=N–C) groups is 1. The van der Waals surface area contributed by atoms with Crippen LogP contribution in [-0.2, 0) is 11.2 Å². The highest BCUT2D eigenvalue weighted by atomic mass is 127. The number of carbonyl (C=O) groups excluding carboxylic acids is 1. The molecule has 0 aromatic carbocycles. The van der Waals surface area contributed by atoms with Gasteiger partial charge in [-0.05, 0) is 6.92 Å². The summed E-state index contributed by atoms with van der Waals surface area (Å²) in [6.07, 6.45) is 0.874. The normalized spacial score (nSPS) is 15.2. The van der Waals surface area contributed by atoms with Crippen LogP contribution < -0.4 is 15.5 Å². The maximum Gasteiger partial charge on any atom is 0.225 e. The van der Waals surface area contributed by atoms with E-state index in [0.29, 0.717) is 13.1 Å². The molecule has 2 rings (SSSR count). The van der Waals surface area contributed by atoms with Crippen molar-refractivity contribution in [3.05, 3.63) is 5.82 Å². The minimum absolute atomic E-state index is 0. The number of hydrogen-bond donors (Lipinski definition) is 2. The third-order valence-corrected chi connectivity index (χ3v) is 5.11. The third-order valence-electron chi connectivity index (χ3n) is 4.30. The molecule has 0 unspecified atom stereocenters. The van der Waals surface area contributed by atoms with Gasteiger partial charge in [0.05, 0.1) is 6.54 Å². The number of carbonyl (C=O) groups is 1. The molecule has 8 nitrogen and oxygen atoms in total. The van der Waals surface area contributed by atoms with Gasteiger partial charge in [0.15, 0.2) is 5.96 Å². The van der Waals surface area contributed by atoms with E-state index in [1.54, 1.807) is 0 Å². The Morgan fingerprint density at radius 2 is 1.86 bits per heavy atom. The van der Waals surface area contributed by atoms with Gasteiger partial charge in [-0.2, -0.15) is 4.37 Å². The molecule has 0 saturated carbocycles. The Hall–Kier alpha value is -1.17. The Morgan fingerprint density at radius 1 is 1.18 bits per heavy atom. The Kier molecular flexibility index (Phi) is 10.4. The molecule has 1 fully saturated rings. The van der Waals surface area contributed by atoms with Crippen LogP contribution >= 0.6 is 35.5 Å². The first kappa shape index (κ1) is 24.9. The van der Waals surface area contributed by atoms with Crippen molar-refractivity contribution in [2.24, 2.45) is 10.4 Å². The van der Waals surface area contributed by atoms with E-state index in [0.717, 1.165) is 56.1 Å². The molecular weight excluding hydrogens is 489 g/mol. The number of piperazine rings is 1. The van der Waals surface area contributed by atoms with Gasteiger partial charge in [-0.1, -0.05) is 27.7 Å². The molecule has 2 heterocycles. The standard InChI is InChI=1S/C18H33N7OS.HI/c1-6-14-22-17(27-23-14)25-12-10-24(11-13-25)16(19-7-2)21-9-8-20-15(26)18(3,4)5;/h6-13H2,1-5H3,(H,19,21)(H,20,26);1H. The van der Waals surface area contributed by atoms with Gasteiger partial charge in [0.2, 0.25) is 11.0 Å². The van der Waals surface area contributed by atoms with Crippen molar-refractivity contribution in [1.82, 2.24) is 24.9 Å². The molecule has 0 radical (unpaired) electrons. The van der Waals surface area contributed by atoms with Crippen molar-refractivity contribution < 1.29 is 4.79 Å². The second kappa shape index (κ2) is 11.7. The monoisotopic (exact) mass is 523 g/mol. The third kappa shape index (κ3) is 7.34. The van der Waals surface area contributed by atoms with Gasteiger partial charge in [-0.15, -0.1) is 24.0 Å². The van der Waals surface area contributed by atoms with Crippen LogP contribution in [0.3, 0.4) is 0 Å². The summed E-state index contributed by atoms with van der Waals surface area (Å²) in [5.41, 5.74) is -0.368. The first-order valence-corrected chi connectivity index (χ1v) is 10.5. The van der Waals surface area contributed by atoms with Crippen LogP contribution in [-0.4, -0.2) is 71.9 Å². The summed E-state index contributed by atoms with van der Waals surface area (Å²) >= 11 is 1.48. The zero-order valence-electron chi connectivity index (χ0n) is 17.6. The zero-order valence-corrected chi connectivity index (χ0v) is 20.8. The van der Waals surface area contributed by atoms with E-state index in [2.05, 4.69) is 48.6 Å². The fourth-order valence-corrected chi connectivity index (χ4v) is 3.45. The van der Waals surface area contributed by atoms with Gasteiger partial charge in [0, 0.05) is 62.6 Å². The number of amides is 1. The average molecular weight is 523 g/mol. The molecule has 1 aromatic rings. The largest absolute Gasteiger partial charge is 0.357 e. The predicted molar refractivity (Wildman–Crippen MR) is 127 cm³/mol. The second-order valence-corrected chi connectivity index (χ2v) is 8.29. The molecule has 10 heteroatoms. The van der Waals surface area contributed by atoms with Crippen molar-refractivity contribution in [3.8, 4) is 0 Å². The van der Waals surface area contributed by atoms with E-state index < -0.39 is 0 Å². The quantitative estimate of drug-likeness (QED) is 0.257. The lowest BCUT2D eigenvalue weighted by Crippen LogP contribution is -2.52. The highest BCUT2D eigenvalue weighted by Crippen LogP contribution is 2.19. The zero-order chi connectivity index (χ0) is 19.9. The summed E-state index contributed by atoms with van der Waals surface area (Å²) in [7, 11) is 0. The fourth-order valence-electron chi connectivity index (χ4n) is 2.65. The summed E-state index contributed by atoms with van der Waals surface area (Å²) in [6.45, 7) is 15.4. The number of aryl methyl sites for hydroxylation is 1. The summed E-state index contributed by atoms with van der Waals surface area (Å²) in [5, 5.41) is 7.32. The summed E-state index contributed by atoms with van der Waals surface area (Å²) in [5.74, 6) is 1.89. The van der Waals surface area contributed by atoms with Crippen LogP contribution in [0.5, 0.6) is 0 Å². The maximum atomic E-state index is 11.9. The van der Waals surface area contributed by atoms with Crippen LogP contribution in [0.15, 0.2) is 4.99 Å². The Balaban J connectivity index is 0.00000392.